The molecule has 29 heavy (non-hydrogen) atoms. The summed E-state index contributed by atoms with van der Waals surface area (Å²) >= 11 is 0. The van der Waals surface area contributed by atoms with E-state index in [1.807, 2.05) is 12.1 Å². The van der Waals surface area contributed by atoms with Crippen molar-refractivity contribution in [3.05, 3.63) is 35.4 Å². The topological polar surface area (TPSA) is 63.6 Å². The quantitative estimate of drug-likeness (QED) is 0.331. The summed E-state index contributed by atoms with van der Waals surface area (Å²) in [6.07, 6.45) is 10.8. The van der Waals surface area contributed by atoms with Crippen LogP contribution in [0.4, 0.5) is 0 Å². The van der Waals surface area contributed by atoms with Gasteiger partial charge in [-0.05, 0) is 42.7 Å². The summed E-state index contributed by atoms with van der Waals surface area (Å²) in [5.41, 5.74) is 2.22. The Bertz CT molecular complexity index is 622. The smallest absolute Gasteiger partial charge is 0.305 e. The first-order valence-electron chi connectivity index (χ1n) is 11.4. The van der Waals surface area contributed by atoms with Crippen LogP contribution in [0.3, 0.4) is 0 Å². The van der Waals surface area contributed by atoms with E-state index in [-0.39, 0.29) is 18.0 Å². The summed E-state index contributed by atoms with van der Waals surface area (Å²) in [7, 11) is 1.42. The number of methoxy groups -OCH3 is 1. The molecule has 4 heteroatoms. The van der Waals surface area contributed by atoms with Crippen LogP contribution >= 0.6 is 0 Å². The first-order valence-corrected chi connectivity index (χ1v) is 11.4. The number of carbonyl (C=O) groups excluding carboxylic acids is 2. The third-order valence-corrected chi connectivity index (χ3v) is 6.31. The van der Waals surface area contributed by atoms with Gasteiger partial charge in [0.05, 0.1) is 13.2 Å². The second kappa shape index (κ2) is 12.8. The molecule has 1 aliphatic rings. The fraction of sp³-hybridized carbons (Fsp3) is 0.680. The molecule has 162 valence electrons. The zero-order valence-corrected chi connectivity index (χ0v) is 18.2. The molecule has 4 nitrogen and oxygen atoms in total. The van der Waals surface area contributed by atoms with E-state index in [2.05, 4.69) is 23.8 Å². The molecule has 3 atom stereocenters. The molecule has 0 bridgehead atoms. The van der Waals surface area contributed by atoms with Gasteiger partial charge in [0, 0.05) is 18.8 Å². The monoisotopic (exact) mass is 402 g/mol. The molecule has 0 amide bonds. The highest BCUT2D eigenvalue weighted by atomic mass is 16.5. The maximum atomic E-state index is 12.4. The Labute approximate surface area is 176 Å². The molecule has 1 fully saturated rings. The Morgan fingerprint density at radius 3 is 2.52 bits per heavy atom. The van der Waals surface area contributed by atoms with E-state index >= 15 is 0 Å². The van der Waals surface area contributed by atoms with Gasteiger partial charge in [0.25, 0.3) is 0 Å². The summed E-state index contributed by atoms with van der Waals surface area (Å²) in [6.45, 7) is 2.17. The molecule has 0 aliphatic heterocycles. The minimum Gasteiger partial charge on any atom is -0.469 e. The Kier molecular flexibility index (Phi) is 10.4. The van der Waals surface area contributed by atoms with Crippen LogP contribution in [0.1, 0.15) is 107 Å². The summed E-state index contributed by atoms with van der Waals surface area (Å²) < 4.78 is 4.66. The summed E-state index contributed by atoms with van der Waals surface area (Å²) in [5, 5.41) is 10.4. The lowest BCUT2D eigenvalue weighted by Gasteiger charge is -2.20. The molecule has 1 aromatic rings. The maximum absolute atomic E-state index is 12.4. The number of rotatable bonds is 13. The van der Waals surface area contributed by atoms with Crippen LogP contribution in [-0.4, -0.2) is 24.0 Å². The lowest BCUT2D eigenvalue weighted by Crippen LogP contribution is -2.13. The Morgan fingerprint density at radius 1 is 1.10 bits per heavy atom. The van der Waals surface area contributed by atoms with E-state index in [4.69, 9.17) is 0 Å². The largest absolute Gasteiger partial charge is 0.469 e. The number of esters is 1. The number of hydrogen-bond acceptors (Lipinski definition) is 4. The van der Waals surface area contributed by atoms with Crippen molar-refractivity contribution in [3.8, 4) is 0 Å². The van der Waals surface area contributed by atoms with Crippen LogP contribution in [0.2, 0.25) is 0 Å². The fourth-order valence-electron chi connectivity index (χ4n) is 4.48. The number of aliphatic hydroxyl groups is 1. The van der Waals surface area contributed by atoms with Crippen LogP contribution < -0.4 is 0 Å². The third kappa shape index (κ3) is 7.58. The van der Waals surface area contributed by atoms with Crippen molar-refractivity contribution in [2.24, 2.45) is 5.92 Å². The van der Waals surface area contributed by atoms with Gasteiger partial charge in [-0.3, -0.25) is 9.59 Å². The zero-order valence-electron chi connectivity index (χ0n) is 18.2. The van der Waals surface area contributed by atoms with Crippen molar-refractivity contribution >= 4 is 11.8 Å². The molecule has 0 unspecified atom stereocenters. The first kappa shape index (κ1) is 23.6. The van der Waals surface area contributed by atoms with Crippen molar-refractivity contribution in [2.75, 3.05) is 7.11 Å². The Morgan fingerprint density at radius 2 is 1.83 bits per heavy atom. The first-order chi connectivity index (χ1) is 14.1. The molecule has 1 aliphatic carbocycles. The number of Topliss-reactive ketones (excluding diaryl/α,β-unsaturated/α-hetero) is 1. The second-order valence-electron chi connectivity index (χ2n) is 8.43. The van der Waals surface area contributed by atoms with Gasteiger partial charge in [-0.25, -0.2) is 0 Å². The molecule has 0 heterocycles. The molecule has 1 N–H and O–H groups in total. The van der Waals surface area contributed by atoms with Crippen LogP contribution in [0.25, 0.3) is 0 Å². The standard InChI is InChI=1S/C25H38O4/c1-3-4-7-11-23(26)20-15-13-19(14-16-20)21-17-18-24(27)22(21)10-8-5-6-9-12-25(28)29-2/h13-16,21-23,26H,3-12,17-18H2,1-2H3/t21-,22-,23+/m1/s1. The van der Waals surface area contributed by atoms with Gasteiger partial charge in [0.15, 0.2) is 0 Å². The number of ether oxygens (including phenoxy) is 1. The number of carbonyl (C=O) groups is 2. The predicted molar refractivity (Wildman–Crippen MR) is 116 cm³/mol. The predicted octanol–water partition coefficient (Wildman–Crippen LogP) is 5.88. The van der Waals surface area contributed by atoms with Gasteiger partial charge in [-0.2, -0.15) is 0 Å². The van der Waals surface area contributed by atoms with Gasteiger partial charge in [-0.15, -0.1) is 0 Å². The highest BCUT2D eigenvalue weighted by molar-refractivity contribution is 5.84. The van der Waals surface area contributed by atoms with Gasteiger partial charge in [0.2, 0.25) is 0 Å². The van der Waals surface area contributed by atoms with Crippen LogP contribution in [-0.2, 0) is 14.3 Å². The van der Waals surface area contributed by atoms with Gasteiger partial charge in [0.1, 0.15) is 5.78 Å². The van der Waals surface area contributed by atoms with Crippen molar-refractivity contribution in [2.45, 2.75) is 96.0 Å². The molecule has 0 radical (unpaired) electrons. The molecular formula is C25H38O4. The summed E-state index contributed by atoms with van der Waals surface area (Å²) in [4.78, 5) is 23.6. The molecule has 0 spiro atoms. The van der Waals surface area contributed by atoms with Crippen LogP contribution in [0.15, 0.2) is 24.3 Å². The van der Waals surface area contributed by atoms with E-state index in [9.17, 15) is 14.7 Å². The van der Waals surface area contributed by atoms with Crippen molar-refractivity contribution in [1.82, 2.24) is 0 Å². The Balaban J connectivity index is 1.82. The summed E-state index contributed by atoms with van der Waals surface area (Å²) in [5.74, 6) is 0.683. The highest BCUT2D eigenvalue weighted by Crippen LogP contribution is 2.40. The van der Waals surface area contributed by atoms with E-state index in [1.165, 1.54) is 12.7 Å². The van der Waals surface area contributed by atoms with Crippen molar-refractivity contribution in [1.29, 1.82) is 0 Å². The number of aliphatic hydroxyl groups excluding tert-OH is 1. The molecular weight excluding hydrogens is 364 g/mol. The van der Waals surface area contributed by atoms with Gasteiger partial charge in [-0.1, -0.05) is 69.7 Å². The average molecular weight is 403 g/mol. The number of ketones is 1. The average Bonchev–Trinajstić information content (AvgIpc) is 3.10. The van der Waals surface area contributed by atoms with E-state index in [0.29, 0.717) is 24.5 Å². The lowest BCUT2D eigenvalue weighted by atomic mass is 9.84. The molecule has 1 aromatic carbocycles. The van der Waals surface area contributed by atoms with Gasteiger partial charge < -0.3 is 9.84 Å². The second-order valence-corrected chi connectivity index (χ2v) is 8.43. The normalized spacial score (nSPS) is 20.0. The van der Waals surface area contributed by atoms with Crippen LogP contribution in [0.5, 0.6) is 0 Å². The fourth-order valence-corrected chi connectivity index (χ4v) is 4.48. The third-order valence-electron chi connectivity index (χ3n) is 6.31. The SMILES string of the molecule is CCCCC[C@H](O)c1ccc([C@H]2CCC(=O)[C@@H]2CCCCCCC(=O)OC)cc1. The molecule has 0 aromatic heterocycles. The minimum absolute atomic E-state index is 0.121. The zero-order chi connectivity index (χ0) is 21.1. The molecule has 0 saturated heterocycles. The molecule has 1 saturated carbocycles. The van der Waals surface area contributed by atoms with Gasteiger partial charge >= 0.3 is 5.97 Å². The molecule has 2 rings (SSSR count). The maximum Gasteiger partial charge on any atom is 0.305 e. The number of benzene rings is 1. The summed E-state index contributed by atoms with van der Waals surface area (Å²) in [6, 6.07) is 8.31. The number of unbranched alkanes of at least 4 members (excludes halogenated alkanes) is 5. The number of hydrogen-bond donors (Lipinski definition) is 1. The Hall–Kier alpha value is -1.68. The minimum atomic E-state index is -0.387. The van der Waals surface area contributed by atoms with Crippen molar-refractivity contribution in [3.63, 3.8) is 0 Å². The highest BCUT2D eigenvalue weighted by Gasteiger charge is 2.34. The van der Waals surface area contributed by atoms with E-state index in [1.54, 1.807) is 0 Å². The lowest BCUT2D eigenvalue weighted by molar-refractivity contribution is -0.140. The van der Waals surface area contributed by atoms with E-state index in [0.717, 1.165) is 69.8 Å². The van der Waals surface area contributed by atoms with E-state index < -0.39 is 0 Å². The van der Waals surface area contributed by atoms with Crippen molar-refractivity contribution < 1.29 is 19.4 Å². The van der Waals surface area contributed by atoms with Crippen LogP contribution in [0, 0.1) is 5.92 Å².